The lowest BCUT2D eigenvalue weighted by atomic mass is 10.4. The zero-order valence-corrected chi connectivity index (χ0v) is 9.21. The monoisotopic (exact) mass is 218 g/mol. The molecule has 0 aliphatic rings. The normalized spacial score (nSPS) is 14.3. The summed E-state index contributed by atoms with van der Waals surface area (Å²) in [6.45, 7) is -1.91. The molecule has 0 spiro atoms. The van der Waals surface area contributed by atoms with Crippen molar-refractivity contribution in [3.63, 3.8) is 0 Å². The van der Waals surface area contributed by atoms with Crippen LogP contribution in [0.25, 0.3) is 0 Å². The highest BCUT2D eigenvalue weighted by molar-refractivity contribution is 7.97. The van der Waals surface area contributed by atoms with Crippen LogP contribution in [-0.4, -0.2) is 5.75 Å². The van der Waals surface area contributed by atoms with Gasteiger partial charge in [-0.2, -0.15) is 0 Å². The fourth-order valence-electron chi connectivity index (χ4n) is 1.47. The average Bonchev–Trinajstić information content (AvgIpc) is 2.37. The molecule has 15 heavy (non-hydrogen) atoms. The number of rotatable bonds is 3. The molecule has 0 radical (unpaired) electrons. The molecule has 0 saturated heterocycles. The van der Waals surface area contributed by atoms with Crippen LogP contribution in [0.2, 0.25) is 0 Å². The largest absolute Gasteiger partial charge is 0.160 e. The predicted molar refractivity (Wildman–Crippen MR) is 67.3 cm³/mol. The molecule has 0 aliphatic heterocycles. The van der Waals surface area contributed by atoms with Gasteiger partial charge in [0.25, 0.3) is 0 Å². The molecule has 0 bridgehead atoms. The molecule has 0 N–H and O–H groups in total. The maximum absolute atomic E-state index is 7.50. The van der Waals surface area contributed by atoms with E-state index in [1.165, 1.54) is 0 Å². The van der Waals surface area contributed by atoms with Crippen molar-refractivity contribution in [3.8, 4) is 0 Å². The van der Waals surface area contributed by atoms with E-state index in [4.69, 9.17) is 4.11 Å². The van der Waals surface area contributed by atoms with Crippen LogP contribution in [0.3, 0.4) is 0 Å². The maximum Gasteiger partial charge on any atom is 0.160 e. The van der Waals surface area contributed by atoms with Crippen molar-refractivity contribution in [1.29, 1.82) is 0 Å². The smallest absolute Gasteiger partial charge is 0.0619 e. The Morgan fingerprint density at radius 1 is 0.867 bits per heavy atom. The molecule has 0 atom stereocenters. The van der Waals surface area contributed by atoms with E-state index in [-0.39, 0.29) is 16.6 Å². The number of hydrogen-bond donors (Lipinski definition) is 0. The molecule has 0 saturated carbocycles. The molecule has 2 aromatic carbocycles. The first-order valence-electron chi connectivity index (χ1n) is 6.37. The lowest BCUT2D eigenvalue weighted by Gasteiger charge is -2.04. The summed E-state index contributed by atoms with van der Waals surface area (Å²) in [5.74, 6) is 0.195. The Morgan fingerprint density at radius 3 is 1.73 bits per heavy atom. The fourth-order valence-corrected chi connectivity index (χ4v) is 3.05. The molecule has 0 unspecified atom stereocenters. The van der Waals surface area contributed by atoms with E-state index in [0.717, 1.165) is 9.79 Å². The van der Waals surface area contributed by atoms with E-state index in [2.05, 4.69) is 0 Å². The Kier molecular flexibility index (Phi) is 2.39. The van der Waals surface area contributed by atoms with E-state index in [1.54, 1.807) is 0 Å². The first-order valence-corrected chi connectivity index (χ1v) is 6.27. The fraction of sp³-hybridized carbons (Fsp3) is 0.143. The molecule has 2 aromatic rings. The van der Waals surface area contributed by atoms with Gasteiger partial charge in [-0.05, 0) is 31.1 Å². The minimum Gasteiger partial charge on any atom is -0.0619 e. The second kappa shape index (κ2) is 5.04. The van der Waals surface area contributed by atoms with Gasteiger partial charge < -0.3 is 0 Å². The standard InChI is InChI=1S/C14H15S/c1-2-15(13-9-5-3-6-10-13)14-11-7-4-8-12-14/h3-12H,2H2,1H3/q+1/i1D3. The summed E-state index contributed by atoms with van der Waals surface area (Å²) in [5, 5.41) is 0. The van der Waals surface area contributed by atoms with Crippen LogP contribution in [0.15, 0.2) is 70.5 Å². The molecule has 0 aromatic heterocycles. The molecule has 2 rings (SSSR count). The third-order valence-electron chi connectivity index (χ3n) is 2.20. The van der Waals surface area contributed by atoms with E-state index in [0.29, 0.717) is 0 Å². The quantitative estimate of drug-likeness (QED) is 0.688. The van der Waals surface area contributed by atoms with E-state index in [9.17, 15) is 0 Å². The molecule has 0 amide bonds. The van der Waals surface area contributed by atoms with Gasteiger partial charge in [-0.25, -0.2) is 0 Å². The molecule has 76 valence electrons. The molecular weight excluding hydrogens is 200 g/mol. The minimum atomic E-state index is -1.91. The van der Waals surface area contributed by atoms with Crippen molar-refractivity contribution in [1.82, 2.24) is 0 Å². The van der Waals surface area contributed by atoms with Gasteiger partial charge >= 0.3 is 0 Å². The van der Waals surface area contributed by atoms with Crippen LogP contribution in [0.5, 0.6) is 0 Å². The lowest BCUT2D eigenvalue weighted by molar-refractivity contribution is 1.33. The van der Waals surface area contributed by atoms with Crippen LogP contribution in [0, 0.1) is 0 Å². The van der Waals surface area contributed by atoms with Crippen LogP contribution < -0.4 is 0 Å². The third-order valence-corrected chi connectivity index (χ3v) is 4.17. The Bertz CT molecular complexity index is 440. The number of benzene rings is 2. The van der Waals surface area contributed by atoms with Gasteiger partial charge in [0.2, 0.25) is 0 Å². The van der Waals surface area contributed by atoms with Gasteiger partial charge in [-0.15, -0.1) is 0 Å². The van der Waals surface area contributed by atoms with Gasteiger partial charge in [0, 0.05) is 4.11 Å². The second-order valence-electron chi connectivity index (χ2n) is 3.16. The Morgan fingerprint density at radius 2 is 1.33 bits per heavy atom. The summed E-state index contributed by atoms with van der Waals surface area (Å²) in [5.41, 5.74) is 0. The predicted octanol–water partition coefficient (Wildman–Crippen LogP) is 3.74. The Labute approximate surface area is 98.5 Å². The molecule has 0 heterocycles. The molecular formula is C14H15S+. The van der Waals surface area contributed by atoms with Crippen molar-refractivity contribution < 1.29 is 4.11 Å². The second-order valence-corrected chi connectivity index (χ2v) is 5.17. The van der Waals surface area contributed by atoms with Crippen LogP contribution in [-0.2, 0) is 10.9 Å². The Hall–Kier alpha value is -1.21. The van der Waals surface area contributed by atoms with Crippen LogP contribution in [0.1, 0.15) is 11.0 Å². The lowest BCUT2D eigenvalue weighted by Crippen LogP contribution is -2.05. The molecule has 0 nitrogen and oxygen atoms in total. The first kappa shape index (κ1) is 7.13. The minimum absolute atomic E-state index is 0.195. The average molecular weight is 218 g/mol. The van der Waals surface area contributed by atoms with Gasteiger partial charge in [0.15, 0.2) is 9.79 Å². The van der Waals surface area contributed by atoms with Crippen molar-refractivity contribution in [2.24, 2.45) is 0 Å². The number of hydrogen-bond acceptors (Lipinski definition) is 0. The molecule has 0 aliphatic carbocycles. The van der Waals surface area contributed by atoms with Crippen molar-refractivity contribution in [2.75, 3.05) is 5.75 Å². The third kappa shape index (κ3) is 2.42. The van der Waals surface area contributed by atoms with Crippen molar-refractivity contribution in [3.05, 3.63) is 60.7 Å². The first-order chi connectivity index (χ1) is 8.56. The summed E-state index contributed by atoms with van der Waals surface area (Å²) < 4.78 is 22.5. The van der Waals surface area contributed by atoms with E-state index in [1.807, 2.05) is 60.7 Å². The topological polar surface area (TPSA) is 0 Å². The van der Waals surface area contributed by atoms with Gasteiger partial charge in [-0.3, -0.25) is 0 Å². The highest BCUT2D eigenvalue weighted by atomic mass is 32.2. The summed E-state index contributed by atoms with van der Waals surface area (Å²) in [6.07, 6.45) is 0. The van der Waals surface area contributed by atoms with Crippen LogP contribution in [0.4, 0.5) is 0 Å². The zero-order valence-electron chi connectivity index (χ0n) is 11.4. The van der Waals surface area contributed by atoms with Gasteiger partial charge in [0.05, 0.1) is 10.9 Å². The molecule has 1 heteroatoms. The Balaban J connectivity index is 2.36. The zero-order chi connectivity index (χ0) is 13.0. The van der Waals surface area contributed by atoms with Crippen LogP contribution >= 0.6 is 0 Å². The maximum atomic E-state index is 7.50. The van der Waals surface area contributed by atoms with Crippen molar-refractivity contribution >= 4 is 10.9 Å². The van der Waals surface area contributed by atoms with E-state index < -0.39 is 6.85 Å². The highest BCUT2D eigenvalue weighted by Crippen LogP contribution is 2.22. The summed E-state index contributed by atoms with van der Waals surface area (Å²) in [4.78, 5) is 2.17. The summed E-state index contributed by atoms with van der Waals surface area (Å²) in [7, 11) is -0.383. The summed E-state index contributed by atoms with van der Waals surface area (Å²) in [6, 6.07) is 19.7. The highest BCUT2D eigenvalue weighted by Gasteiger charge is 2.21. The summed E-state index contributed by atoms with van der Waals surface area (Å²) >= 11 is 0. The molecule has 0 fully saturated rings. The van der Waals surface area contributed by atoms with Crippen molar-refractivity contribution in [2.45, 2.75) is 16.6 Å². The van der Waals surface area contributed by atoms with Gasteiger partial charge in [0.1, 0.15) is 5.75 Å². The van der Waals surface area contributed by atoms with E-state index >= 15 is 0 Å². The van der Waals surface area contributed by atoms with Gasteiger partial charge in [-0.1, -0.05) is 36.4 Å². The SMILES string of the molecule is [2H]C([2H])([2H])C[S+](c1ccccc1)c1ccccc1.